The highest BCUT2D eigenvalue weighted by molar-refractivity contribution is 6.91. The molecule has 1 amide bonds. The molecule has 1 fully saturated rings. The summed E-state index contributed by atoms with van der Waals surface area (Å²) in [6.07, 6.45) is 4.26. The van der Waals surface area contributed by atoms with E-state index in [0.29, 0.717) is 50.2 Å². The number of ether oxygens (including phenoxy) is 3. The lowest BCUT2D eigenvalue weighted by Gasteiger charge is -2.37. The van der Waals surface area contributed by atoms with Gasteiger partial charge in [0.25, 0.3) is 5.91 Å². The van der Waals surface area contributed by atoms with Crippen LogP contribution in [0.4, 0.5) is 5.69 Å². The minimum Gasteiger partial charge on any atom is -0.497 e. The van der Waals surface area contributed by atoms with Gasteiger partial charge in [-0.1, -0.05) is 54.2 Å². The summed E-state index contributed by atoms with van der Waals surface area (Å²) in [5, 5.41) is 19.6. The van der Waals surface area contributed by atoms with Crippen molar-refractivity contribution in [2.45, 2.75) is 75.9 Å². The number of benzene rings is 2. The van der Waals surface area contributed by atoms with Crippen LogP contribution in [0, 0.1) is 5.92 Å². The van der Waals surface area contributed by atoms with Crippen LogP contribution in [0.3, 0.4) is 0 Å². The van der Waals surface area contributed by atoms with E-state index in [1.807, 2.05) is 41.4 Å². The fourth-order valence-corrected chi connectivity index (χ4v) is 11.6. The molecule has 12 heteroatoms. The number of unbranched alkanes of at least 4 members (excludes halogenated alkanes) is 1. The van der Waals surface area contributed by atoms with Crippen molar-refractivity contribution < 1.29 is 28.9 Å². The third-order valence-electron chi connectivity index (χ3n) is 9.63. The molecule has 1 saturated heterocycles. The highest BCUT2D eigenvalue weighted by Crippen LogP contribution is 2.60. The van der Waals surface area contributed by atoms with Gasteiger partial charge in [-0.05, 0) is 55.1 Å². The molecular formula is C33H43ClN4O6Si. The number of aromatic nitrogens is 3. The van der Waals surface area contributed by atoms with Crippen molar-refractivity contribution in [3.63, 3.8) is 0 Å². The second-order valence-electron chi connectivity index (χ2n) is 12.5. The fraction of sp³-hybridized carbons (Fsp3) is 0.515. The Hall–Kier alpha value is -3.25. The second kappa shape index (κ2) is 13.6. The zero-order chi connectivity index (χ0) is 32.4. The molecule has 2 aromatic carbocycles. The van der Waals surface area contributed by atoms with Crippen molar-refractivity contribution >= 4 is 42.4 Å². The number of aliphatic hydroxyl groups excluding tert-OH is 1. The topological polar surface area (TPSA) is 116 Å². The Morgan fingerprint density at radius 3 is 2.58 bits per heavy atom. The molecule has 1 spiro atoms. The van der Waals surface area contributed by atoms with E-state index in [-0.39, 0.29) is 36.0 Å². The summed E-state index contributed by atoms with van der Waals surface area (Å²) < 4.78 is 19.2. The Labute approximate surface area is 270 Å². The number of rotatable bonds is 13. The summed E-state index contributed by atoms with van der Waals surface area (Å²) in [6.45, 7) is 7.89. The van der Waals surface area contributed by atoms with E-state index in [2.05, 4.69) is 42.5 Å². The molecule has 0 saturated carbocycles. The molecule has 1 N–H and O–H groups in total. The van der Waals surface area contributed by atoms with Crippen LogP contribution in [0.15, 0.2) is 48.7 Å². The van der Waals surface area contributed by atoms with Crippen LogP contribution in [-0.2, 0) is 37.6 Å². The molecule has 1 aromatic heterocycles. The molecule has 2 aliphatic rings. The van der Waals surface area contributed by atoms with Gasteiger partial charge in [0.1, 0.15) is 5.75 Å². The SMILES string of the molecule is COC(=O)CCCCN1C(=O)[C@]2(O[C@H](CCn3cc(CCO)nn3)[C@@H]([Si](C)(C)c3ccc(OC)cc3)[C@@H]2C)c2cc(Cl)ccc21. The van der Waals surface area contributed by atoms with Gasteiger partial charge in [-0.3, -0.25) is 14.3 Å². The summed E-state index contributed by atoms with van der Waals surface area (Å²) in [5.74, 6) is 0.307. The predicted octanol–water partition coefficient (Wildman–Crippen LogP) is 4.47. The lowest BCUT2D eigenvalue weighted by Crippen LogP contribution is -2.52. The number of fused-ring (bicyclic) bond motifs is 2. The summed E-state index contributed by atoms with van der Waals surface area (Å²) >= 11 is 6.59. The maximum absolute atomic E-state index is 14.7. The molecule has 0 aliphatic carbocycles. The standard InChI is InChI=1S/C33H43ClN4O6Si/c1-22-31(45(4,5)26-12-10-25(42-2)11-13-26)29(15-18-37-21-24(16-19-39)35-36-37)44-33(22)27-20-23(34)9-14-28(27)38(32(33)41)17-7-6-8-30(40)43-3/h9-14,20-22,29,31,39H,6-8,15-19H2,1-5H3/t22-,29+,31-,33+/m0/s1. The average Bonchev–Trinajstić information content (AvgIpc) is 3.68. The van der Waals surface area contributed by atoms with E-state index in [9.17, 15) is 14.7 Å². The second-order valence-corrected chi connectivity index (χ2v) is 17.7. The number of nitrogens with zero attached hydrogens (tertiary/aromatic N) is 4. The van der Waals surface area contributed by atoms with Crippen molar-refractivity contribution in [3.8, 4) is 5.75 Å². The largest absolute Gasteiger partial charge is 0.497 e. The third-order valence-corrected chi connectivity index (χ3v) is 14.2. The molecule has 4 atom stereocenters. The molecular weight excluding hydrogens is 612 g/mol. The van der Waals surface area contributed by atoms with Crippen molar-refractivity contribution in [2.24, 2.45) is 5.92 Å². The van der Waals surface area contributed by atoms with E-state index in [4.69, 9.17) is 25.8 Å². The van der Waals surface area contributed by atoms with E-state index >= 15 is 0 Å². The van der Waals surface area contributed by atoms with Gasteiger partial charge in [-0.15, -0.1) is 5.10 Å². The number of halogens is 1. The minimum absolute atomic E-state index is 0.0114. The van der Waals surface area contributed by atoms with Crippen LogP contribution in [0.5, 0.6) is 5.75 Å². The Balaban J connectivity index is 1.51. The van der Waals surface area contributed by atoms with Crippen molar-refractivity contribution in [1.29, 1.82) is 0 Å². The van der Waals surface area contributed by atoms with Crippen LogP contribution in [0.2, 0.25) is 23.7 Å². The zero-order valence-electron chi connectivity index (χ0n) is 26.7. The molecule has 10 nitrogen and oxygen atoms in total. The quantitative estimate of drug-likeness (QED) is 0.163. The van der Waals surface area contributed by atoms with Crippen LogP contribution in [0.25, 0.3) is 0 Å². The number of esters is 1. The molecule has 2 aliphatic heterocycles. The first-order chi connectivity index (χ1) is 21.6. The molecule has 0 unspecified atom stereocenters. The van der Waals surface area contributed by atoms with E-state index in [1.54, 1.807) is 11.8 Å². The van der Waals surface area contributed by atoms with E-state index in [0.717, 1.165) is 22.7 Å². The summed E-state index contributed by atoms with van der Waals surface area (Å²) in [4.78, 5) is 28.2. The highest BCUT2D eigenvalue weighted by Gasteiger charge is 2.66. The molecule has 45 heavy (non-hydrogen) atoms. The lowest BCUT2D eigenvalue weighted by molar-refractivity contribution is -0.146. The van der Waals surface area contributed by atoms with Gasteiger partial charge in [-0.2, -0.15) is 0 Å². The number of methoxy groups -OCH3 is 2. The zero-order valence-corrected chi connectivity index (χ0v) is 28.4. The number of anilines is 1. The third kappa shape index (κ3) is 6.27. The van der Waals surface area contributed by atoms with Crippen molar-refractivity contribution in [1.82, 2.24) is 15.0 Å². The first kappa shape index (κ1) is 33.1. The van der Waals surface area contributed by atoms with Crippen molar-refractivity contribution in [2.75, 3.05) is 32.3 Å². The van der Waals surface area contributed by atoms with Crippen LogP contribution >= 0.6 is 11.6 Å². The maximum Gasteiger partial charge on any atom is 0.305 e. The highest BCUT2D eigenvalue weighted by atomic mass is 35.5. The van der Waals surface area contributed by atoms with Crippen LogP contribution < -0.4 is 14.8 Å². The smallest absolute Gasteiger partial charge is 0.305 e. The molecule has 242 valence electrons. The molecule has 0 bridgehead atoms. The van der Waals surface area contributed by atoms with E-state index < -0.39 is 13.7 Å². The predicted molar refractivity (Wildman–Crippen MR) is 175 cm³/mol. The summed E-state index contributed by atoms with van der Waals surface area (Å²) in [6, 6.07) is 13.9. The van der Waals surface area contributed by atoms with Gasteiger partial charge in [0.05, 0.1) is 39.8 Å². The van der Waals surface area contributed by atoms with Gasteiger partial charge >= 0.3 is 5.97 Å². The van der Waals surface area contributed by atoms with E-state index in [1.165, 1.54) is 12.3 Å². The average molecular weight is 655 g/mol. The van der Waals surface area contributed by atoms with Gasteiger partial charge < -0.3 is 24.2 Å². The number of aryl methyl sites for hydroxylation is 1. The van der Waals surface area contributed by atoms with Crippen LogP contribution in [-0.4, -0.2) is 73.5 Å². The normalized spacial score (nSPS) is 22.7. The molecule has 5 rings (SSSR count). The number of hydrogen-bond donors (Lipinski definition) is 1. The first-order valence-corrected chi connectivity index (χ1v) is 19.0. The minimum atomic E-state index is -2.30. The van der Waals surface area contributed by atoms with Crippen molar-refractivity contribution in [3.05, 3.63) is 64.9 Å². The number of amides is 1. The Kier molecular flexibility index (Phi) is 10.0. The van der Waals surface area contributed by atoms with Gasteiger partial charge in [0, 0.05) is 55.2 Å². The Morgan fingerprint density at radius 2 is 1.89 bits per heavy atom. The lowest BCUT2D eigenvalue weighted by atomic mass is 9.82. The number of carbonyl (C=O) groups is 2. The van der Waals surface area contributed by atoms with Gasteiger partial charge in [0.15, 0.2) is 5.60 Å². The number of carbonyl (C=O) groups excluding carboxylic acids is 2. The van der Waals surface area contributed by atoms with Gasteiger partial charge in [-0.25, -0.2) is 0 Å². The molecule has 3 aromatic rings. The Morgan fingerprint density at radius 1 is 1.13 bits per heavy atom. The molecule has 3 heterocycles. The summed E-state index contributed by atoms with van der Waals surface area (Å²) in [5.41, 5.74) is 1.22. The fourth-order valence-electron chi connectivity index (χ4n) is 7.36. The Bertz CT molecular complexity index is 1520. The number of hydrogen-bond acceptors (Lipinski definition) is 8. The first-order valence-electron chi connectivity index (χ1n) is 15.6. The van der Waals surface area contributed by atoms with Crippen LogP contribution in [0.1, 0.15) is 43.9 Å². The number of aliphatic hydroxyl groups is 1. The summed E-state index contributed by atoms with van der Waals surface area (Å²) in [7, 11) is 0.751. The maximum atomic E-state index is 14.7. The monoisotopic (exact) mass is 654 g/mol. The molecule has 0 radical (unpaired) electrons. The van der Waals surface area contributed by atoms with Gasteiger partial charge in [0.2, 0.25) is 0 Å².